The lowest BCUT2D eigenvalue weighted by molar-refractivity contribution is -0.128. The van der Waals surface area contributed by atoms with Crippen molar-refractivity contribution < 1.29 is 23.1 Å². The molecule has 1 aliphatic heterocycles. The van der Waals surface area contributed by atoms with Gasteiger partial charge in [-0.2, -0.15) is 0 Å². The number of ether oxygens (including phenoxy) is 1. The Kier molecular flexibility index (Phi) is 6.46. The van der Waals surface area contributed by atoms with Crippen molar-refractivity contribution >= 4 is 27.7 Å². The Hall–Kier alpha value is -2.55. The molecule has 29 heavy (non-hydrogen) atoms. The summed E-state index contributed by atoms with van der Waals surface area (Å²) in [5.74, 6) is -1.84. The van der Waals surface area contributed by atoms with Crippen LogP contribution in [0.4, 0.5) is 8.78 Å². The van der Waals surface area contributed by atoms with E-state index in [-0.39, 0.29) is 29.3 Å². The average molecular weight is 468 g/mol. The van der Waals surface area contributed by atoms with Crippen LogP contribution >= 0.6 is 15.9 Å². The highest BCUT2D eigenvalue weighted by Gasteiger charge is 2.35. The second kappa shape index (κ2) is 8.86. The van der Waals surface area contributed by atoms with E-state index in [0.29, 0.717) is 17.6 Å². The summed E-state index contributed by atoms with van der Waals surface area (Å²) in [6.07, 6.45) is 0.0769. The second-order valence-corrected chi connectivity index (χ2v) is 7.91. The highest BCUT2D eigenvalue weighted by molar-refractivity contribution is 9.10. The zero-order chi connectivity index (χ0) is 21.1. The Bertz CT molecular complexity index is 910. The molecule has 3 atom stereocenters. The number of aromatic nitrogens is 1. The molecule has 1 N–H and O–H groups in total. The van der Waals surface area contributed by atoms with E-state index in [0.717, 1.165) is 6.20 Å². The number of pyridine rings is 1. The third kappa shape index (κ3) is 5.09. The van der Waals surface area contributed by atoms with Crippen molar-refractivity contribution in [1.29, 1.82) is 0 Å². The first kappa shape index (κ1) is 21.2. The maximum atomic E-state index is 13.9. The van der Waals surface area contributed by atoms with Crippen molar-refractivity contribution in [3.63, 3.8) is 0 Å². The minimum absolute atomic E-state index is 0.0000323. The molecule has 0 radical (unpaired) electrons. The zero-order valence-corrected chi connectivity index (χ0v) is 17.4. The summed E-state index contributed by atoms with van der Waals surface area (Å²) in [5, 5.41) is 2.85. The van der Waals surface area contributed by atoms with Gasteiger partial charge in [0.2, 0.25) is 0 Å². The monoisotopic (exact) mass is 467 g/mol. The van der Waals surface area contributed by atoms with Crippen molar-refractivity contribution in [1.82, 2.24) is 15.2 Å². The van der Waals surface area contributed by atoms with E-state index in [1.807, 2.05) is 6.92 Å². The third-order valence-corrected chi connectivity index (χ3v) is 5.23. The predicted molar refractivity (Wildman–Crippen MR) is 105 cm³/mol. The minimum atomic E-state index is -0.915. The number of hydrogen-bond donors (Lipinski definition) is 1. The van der Waals surface area contributed by atoms with Crippen molar-refractivity contribution in [2.45, 2.75) is 26.0 Å². The molecule has 2 aromatic rings. The van der Waals surface area contributed by atoms with Crippen LogP contribution in [0.15, 0.2) is 41.0 Å². The van der Waals surface area contributed by atoms with Gasteiger partial charge in [-0.05, 0) is 43.2 Å². The molecule has 0 spiro atoms. The van der Waals surface area contributed by atoms with E-state index in [1.165, 1.54) is 31.2 Å². The summed E-state index contributed by atoms with van der Waals surface area (Å²) in [6.45, 7) is 4.17. The second-order valence-electron chi connectivity index (χ2n) is 7.00. The zero-order valence-electron chi connectivity index (χ0n) is 15.9. The lowest BCUT2D eigenvalue weighted by atomic mass is 10.1. The van der Waals surface area contributed by atoms with Gasteiger partial charge in [-0.15, -0.1) is 0 Å². The Labute approximate surface area is 175 Å². The number of carbonyl (C=O) groups is 2. The van der Waals surface area contributed by atoms with Gasteiger partial charge < -0.3 is 15.0 Å². The van der Waals surface area contributed by atoms with E-state index in [1.54, 1.807) is 11.0 Å². The fourth-order valence-electron chi connectivity index (χ4n) is 3.10. The molecule has 1 unspecified atom stereocenters. The summed E-state index contributed by atoms with van der Waals surface area (Å²) >= 11 is 3.16. The standard InChI is InChI=1S/C20H20BrF2N3O3/c1-11-9-26(20(28)16-5-4-14(22)8-24-16)10-17(11)25-19(27)12(2)29-18-6-3-13(21)7-15(18)23/h3-8,11-12,17H,9-10H2,1-2H3,(H,25,27)/t11-,12?,17+/m1/s1. The van der Waals surface area contributed by atoms with Gasteiger partial charge in [0.1, 0.15) is 11.5 Å². The van der Waals surface area contributed by atoms with E-state index in [4.69, 9.17) is 4.74 Å². The molecule has 1 aromatic heterocycles. The fourth-order valence-corrected chi connectivity index (χ4v) is 3.43. The SMILES string of the molecule is CC(Oc1ccc(Br)cc1F)C(=O)N[C@H]1CN(C(=O)c2ccc(F)cn2)C[C@H]1C. The highest BCUT2D eigenvalue weighted by atomic mass is 79.9. The van der Waals surface area contributed by atoms with Gasteiger partial charge in [0.15, 0.2) is 17.7 Å². The molecule has 1 fully saturated rings. The lowest BCUT2D eigenvalue weighted by Crippen LogP contribution is -2.46. The molecule has 0 bridgehead atoms. The average Bonchev–Trinajstić information content (AvgIpc) is 3.04. The maximum Gasteiger partial charge on any atom is 0.272 e. The Balaban J connectivity index is 1.58. The van der Waals surface area contributed by atoms with Gasteiger partial charge in [-0.3, -0.25) is 9.59 Å². The third-order valence-electron chi connectivity index (χ3n) is 4.74. The highest BCUT2D eigenvalue weighted by Crippen LogP contribution is 2.23. The number of nitrogens with zero attached hydrogens (tertiary/aromatic N) is 2. The van der Waals surface area contributed by atoms with Crippen molar-refractivity contribution in [3.05, 3.63) is 58.3 Å². The number of amides is 2. The summed E-state index contributed by atoms with van der Waals surface area (Å²) in [7, 11) is 0. The van der Waals surface area contributed by atoms with Crippen LogP contribution in [0.3, 0.4) is 0 Å². The molecule has 0 aliphatic carbocycles. The van der Waals surface area contributed by atoms with Crippen LogP contribution in [0, 0.1) is 17.6 Å². The van der Waals surface area contributed by atoms with Gasteiger partial charge in [0, 0.05) is 17.6 Å². The van der Waals surface area contributed by atoms with Crippen LogP contribution in [0.1, 0.15) is 24.3 Å². The molecule has 6 nitrogen and oxygen atoms in total. The maximum absolute atomic E-state index is 13.9. The molecule has 1 aliphatic rings. The minimum Gasteiger partial charge on any atom is -0.478 e. The normalized spacial score (nSPS) is 19.7. The first-order chi connectivity index (χ1) is 13.7. The first-order valence-corrected chi connectivity index (χ1v) is 9.87. The number of halogens is 3. The van der Waals surface area contributed by atoms with E-state index in [2.05, 4.69) is 26.2 Å². The van der Waals surface area contributed by atoms with Gasteiger partial charge >= 0.3 is 0 Å². The number of nitrogens with one attached hydrogen (secondary N) is 1. The molecule has 2 amide bonds. The molecule has 1 aromatic carbocycles. The van der Waals surface area contributed by atoms with Crippen molar-refractivity contribution in [2.24, 2.45) is 5.92 Å². The van der Waals surface area contributed by atoms with Gasteiger partial charge in [0.25, 0.3) is 11.8 Å². The van der Waals surface area contributed by atoms with Crippen LogP contribution < -0.4 is 10.1 Å². The summed E-state index contributed by atoms with van der Waals surface area (Å²) < 4.78 is 32.9. The molecule has 3 rings (SSSR count). The molecule has 0 saturated carbocycles. The van der Waals surface area contributed by atoms with Crippen LogP contribution in [-0.2, 0) is 4.79 Å². The summed E-state index contributed by atoms with van der Waals surface area (Å²) in [5.41, 5.74) is 0.146. The van der Waals surface area contributed by atoms with E-state index < -0.39 is 23.6 Å². The summed E-state index contributed by atoms with van der Waals surface area (Å²) in [6, 6.07) is 6.54. The molecular formula is C20H20BrF2N3O3. The van der Waals surface area contributed by atoms with Gasteiger partial charge in [-0.1, -0.05) is 22.9 Å². The quantitative estimate of drug-likeness (QED) is 0.732. The number of hydrogen-bond acceptors (Lipinski definition) is 4. The topological polar surface area (TPSA) is 71.5 Å². The molecule has 9 heteroatoms. The molecule has 2 heterocycles. The lowest BCUT2D eigenvalue weighted by Gasteiger charge is -2.20. The van der Waals surface area contributed by atoms with E-state index >= 15 is 0 Å². The molecule has 1 saturated heterocycles. The van der Waals surface area contributed by atoms with Crippen LogP contribution in [0.25, 0.3) is 0 Å². The number of carbonyl (C=O) groups excluding carboxylic acids is 2. The number of likely N-dealkylation sites (tertiary alicyclic amines) is 1. The summed E-state index contributed by atoms with van der Waals surface area (Å²) in [4.78, 5) is 30.4. The van der Waals surface area contributed by atoms with Crippen molar-refractivity contribution in [3.8, 4) is 5.75 Å². The van der Waals surface area contributed by atoms with Crippen LogP contribution in [-0.4, -0.2) is 46.9 Å². The Morgan fingerprint density at radius 3 is 2.69 bits per heavy atom. The van der Waals surface area contributed by atoms with Crippen molar-refractivity contribution in [2.75, 3.05) is 13.1 Å². The Morgan fingerprint density at radius 2 is 2.03 bits per heavy atom. The van der Waals surface area contributed by atoms with E-state index in [9.17, 15) is 18.4 Å². The largest absolute Gasteiger partial charge is 0.478 e. The smallest absolute Gasteiger partial charge is 0.272 e. The van der Waals surface area contributed by atoms with Gasteiger partial charge in [0.05, 0.1) is 12.2 Å². The molecular weight excluding hydrogens is 448 g/mol. The van der Waals surface area contributed by atoms with Gasteiger partial charge in [-0.25, -0.2) is 13.8 Å². The number of rotatable bonds is 5. The number of benzene rings is 1. The first-order valence-electron chi connectivity index (χ1n) is 9.07. The Morgan fingerprint density at radius 1 is 1.28 bits per heavy atom. The van der Waals surface area contributed by atoms with Crippen LogP contribution in [0.5, 0.6) is 5.75 Å². The fraction of sp³-hybridized carbons (Fsp3) is 0.350. The molecule has 154 valence electrons. The predicted octanol–water partition coefficient (Wildman–Crippen LogP) is 3.17. The van der Waals surface area contributed by atoms with Crippen LogP contribution in [0.2, 0.25) is 0 Å².